The molecule has 0 rings (SSSR count). The van der Waals surface area contributed by atoms with E-state index in [1.807, 2.05) is 0 Å². The maximum absolute atomic E-state index is 10.7. The molecule has 2 atom stereocenters. The van der Waals surface area contributed by atoms with Crippen LogP contribution >= 0.6 is 0 Å². The standard InChI is InChI=1S/C4H7NO4S2/c1-10(8)4(11(2)9)3-5(6)7/h3H,1-2H3. The molecule has 2 unspecified atom stereocenters. The smallest absolute Gasteiger partial charge is 0.393 e. The van der Waals surface area contributed by atoms with E-state index in [1.165, 1.54) is 12.5 Å². The van der Waals surface area contributed by atoms with E-state index in [0.29, 0.717) is 6.20 Å². The van der Waals surface area contributed by atoms with Gasteiger partial charge < -0.3 is 9.11 Å². The Labute approximate surface area is 70.0 Å². The van der Waals surface area contributed by atoms with Crippen LogP contribution in [0.1, 0.15) is 0 Å². The summed E-state index contributed by atoms with van der Waals surface area (Å²) in [5.74, 6) is 0. The third kappa shape index (κ3) is 4.25. The van der Waals surface area contributed by atoms with Gasteiger partial charge in [0.05, 0.1) is 4.92 Å². The van der Waals surface area contributed by atoms with Crippen LogP contribution in [0.4, 0.5) is 0 Å². The van der Waals surface area contributed by atoms with Crippen LogP contribution in [-0.2, 0) is 22.4 Å². The zero-order valence-electron chi connectivity index (χ0n) is 5.97. The van der Waals surface area contributed by atoms with Gasteiger partial charge in [0.2, 0.25) is 0 Å². The van der Waals surface area contributed by atoms with E-state index in [2.05, 4.69) is 0 Å². The van der Waals surface area contributed by atoms with Crippen LogP contribution in [0.25, 0.3) is 0 Å². The summed E-state index contributed by atoms with van der Waals surface area (Å²) in [4.78, 5) is 9.11. The predicted molar refractivity (Wildman–Crippen MR) is 43.2 cm³/mol. The van der Waals surface area contributed by atoms with Crippen LogP contribution in [0.2, 0.25) is 0 Å². The highest BCUT2D eigenvalue weighted by Gasteiger charge is 2.24. The lowest BCUT2D eigenvalue weighted by Crippen LogP contribution is -2.12. The van der Waals surface area contributed by atoms with Gasteiger partial charge in [-0.15, -0.1) is 0 Å². The first-order chi connectivity index (χ1) is 4.95. The SMILES string of the molecule is C[S+]([O-])C(=C[N+](=O)[O-])[S+](C)[O-]. The molecule has 0 aromatic heterocycles. The van der Waals surface area contributed by atoms with Crippen molar-refractivity contribution in [3.63, 3.8) is 0 Å². The average Bonchev–Trinajstić information content (AvgIpc) is 1.81. The molecule has 0 radical (unpaired) electrons. The summed E-state index contributed by atoms with van der Waals surface area (Å²) in [5.41, 5.74) is 0. The lowest BCUT2D eigenvalue weighted by atomic mass is 11.1. The van der Waals surface area contributed by atoms with Crippen LogP contribution < -0.4 is 0 Å². The van der Waals surface area contributed by atoms with Gasteiger partial charge in [-0.2, -0.15) is 0 Å². The van der Waals surface area contributed by atoms with Gasteiger partial charge in [0, 0.05) is 22.4 Å². The van der Waals surface area contributed by atoms with Crippen molar-refractivity contribution in [1.29, 1.82) is 0 Å². The van der Waals surface area contributed by atoms with Crippen molar-refractivity contribution in [2.75, 3.05) is 12.5 Å². The average molecular weight is 197 g/mol. The highest BCUT2D eigenvalue weighted by Crippen LogP contribution is 2.11. The lowest BCUT2D eigenvalue weighted by Gasteiger charge is -2.05. The quantitative estimate of drug-likeness (QED) is 0.356. The molecule has 0 saturated carbocycles. The molecule has 0 fully saturated rings. The van der Waals surface area contributed by atoms with E-state index in [-0.39, 0.29) is 4.24 Å². The third-order valence-electron chi connectivity index (χ3n) is 0.777. The van der Waals surface area contributed by atoms with Crippen LogP contribution in [0.15, 0.2) is 10.4 Å². The second-order valence-electron chi connectivity index (χ2n) is 1.64. The number of rotatable bonds is 3. The van der Waals surface area contributed by atoms with Gasteiger partial charge in [-0.3, -0.25) is 10.1 Å². The van der Waals surface area contributed by atoms with E-state index >= 15 is 0 Å². The summed E-state index contributed by atoms with van der Waals surface area (Å²) in [5, 5.41) is 9.88. The van der Waals surface area contributed by atoms with Crippen molar-refractivity contribution >= 4 is 22.4 Å². The Morgan fingerprint density at radius 1 is 1.36 bits per heavy atom. The topological polar surface area (TPSA) is 89.3 Å². The van der Waals surface area contributed by atoms with Gasteiger partial charge in [-0.25, -0.2) is 0 Å². The van der Waals surface area contributed by atoms with Crippen LogP contribution in [0.3, 0.4) is 0 Å². The zero-order valence-corrected chi connectivity index (χ0v) is 7.61. The summed E-state index contributed by atoms with van der Waals surface area (Å²) >= 11 is -3.07. The summed E-state index contributed by atoms with van der Waals surface area (Å²) in [6, 6.07) is 0. The molecule has 5 nitrogen and oxygen atoms in total. The largest absolute Gasteiger partial charge is 0.608 e. The molecule has 0 bridgehead atoms. The van der Waals surface area contributed by atoms with Crippen LogP contribution in [0.5, 0.6) is 0 Å². The fourth-order valence-electron chi connectivity index (χ4n) is 0.400. The molecule has 0 aliphatic heterocycles. The van der Waals surface area contributed by atoms with Crippen molar-refractivity contribution < 1.29 is 14.0 Å². The van der Waals surface area contributed by atoms with Gasteiger partial charge in [0.15, 0.2) is 0 Å². The summed E-state index contributed by atoms with van der Waals surface area (Å²) < 4.78 is 21.2. The molecule has 0 aliphatic carbocycles. The van der Waals surface area contributed by atoms with Crippen molar-refractivity contribution in [3.05, 3.63) is 20.6 Å². The molecule has 0 aliphatic rings. The summed E-state index contributed by atoms with van der Waals surface area (Å²) in [7, 11) is 0. The molecular weight excluding hydrogens is 190 g/mol. The summed E-state index contributed by atoms with van der Waals surface area (Å²) in [6.07, 6.45) is 3.01. The van der Waals surface area contributed by atoms with E-state index < -0.39 is 27.3 Å². The minimum atomic E-state index is -1.53. The van der Waals surface area contributed by atoms with Gasteiger partial charge >= 0.3 is 10.4 Å². The van der Waals surface area contributed by atoms with E-state index in [0.717, 1.165) is 0 Å². The molecule has 0 spiro atoms. The minimum absolute atomic E-state index is 0.157. The van der Waals surface area contributed by atoms with Crippen LogP contribution in [0, 0.1) is 10.1 Å². The maximum atomic E-state index is 10.7. The van der Waals surface area contributed by atoms with E-state index in [4.69, 9.17) is 0 Å². The molecular formula is C4H7NO4S2. The third-order valence-corrected chi connectivity index (χ3v) is 3.53. The van der Waals surface area contributed by atoms with E-state index in [9.17, 15) is 19.2 Å². The van der Waals surface area contributed by atoms with Crippen molar-refractivity contribution in [2.24, 2.45) is 0 Å². The lowest BCUT2D eigenvalue weighted by molar-refractivity contribution is -0.402. The first kappa shape index (κ1) is 10.8. The molecule has 0 aromatic rings. The first-order valence-electron chi connectivity index (χ1n) is 2.47. The van der Waals surface area contributed by atoms with Gasteiger partial charge in [-0.1, -0.05) is 0 Å². The van der Waals surface area contributed by atoms with Gasteiger partial charge in [-0.05, 0) is 0 Å². The molecule has 7 heteroatoms. The summed E-state index contributed by atoms with van der Waals surface area (Å²) in [6.45, 7) is 0. The predicted octanol–water partition coefficient (Wildman–Crippen LogP) is -0.181. The monoisotopic (exact) mass is 197 g/mol. The highest BCUT2D eigenvalue weighted by molar-refractivity contribution is 8.13. The number of nitrogens with zero attached hydrogens (tertiary/aromatic N) is 1. The fraction of sp³-hybridized carbons (Fsp3) is 0.500. The molecule has 0 amide bonds. The zero-order chi connectivity index (χ0) is 9.02. The Bertz CT molecular complexity index is 169. The Morgan fingerprint density at radius 3 is 1.82 bits per heavy atom. The number of hydrogen-bond acceptors (Lipinski definition) is 4. The van der Waals surface area contributed by atoms with E-state index in [1.54, 1.807) is 0 Å². The molecule has 0 saturated heterocycles. The Morgan fingerprint density at radius 2 is 1.73 bits per heavy atom. The highest BCUT2D eigenvalue weighted by atomic mass is 32.3. The Hall–Kier alpha value is -0.240. The number of nitro groups is 1. The first-order valence-corrected chi connectivity index (χ1v) is 5.59. The molecule has 11 heavy (non-hydrogen) atoms. The Kier molecular flexibility index (Phi) is 4.50. The molecule has 64 valence electrons. The molecule has 0 heterocycles. The van der Waals surface area contributed by atoms with Gasteiger partial charge in [0.1, 0.15) is 12.5 Å². The number of hydrogen-bond donors (Lipinski definition) is 0. The second-order valence-corrected chi connectivity index (χ2v) is 4.60. The molecule has 0 N–H and O–H groups in total. The van der Waals surface area contributed by atoms with Crippen molar-refractivity contribution in [1.82, 2.24) is 0 Å². The molecule has 0 aromatic carbocycles. The van der Waals surface area contributed by atoms with Gasteiger partial charge in [0.25, 0.3) is 0 Å². The fourth-order valence-corrected chi connectivity index (χ4v) is 2.19. The van der Waals surface area contributed by atoms with Crippen molar-refractivity contribution in [3.8, 4) is 0 Å². The second kappa shape index (κ2) is 4.60. The maximum Gasteiger partial charge on any atom is 0.393 e. The van der Waals surface area contributed by atoms with Crippen molar-refractivity contribution in [2.45, 2.75) is 0 Å². The Balaban J connectivity index is 4.46. The van der Waals surface area contributed by atoms with Crippen LogP contribution in [-0.4, -0.2) is 26.5 Å². The normalized spacial score (nSPS) is 15.3. The minimum Gasteiger partial charge on any atom is -0.608 e.